The number of piperidine rings is 1. The Bertz CT molecular complexity index is 559. The van der Waals surface area contributed by atoms with Crippen molar-refractivity contribution in [2.24, 2.45) is 5.92 Å². The summed E-state index contributed by atoms with van der Waals surface area (Å²) in [7, 11) is 3.27. The lowest BCUT2D eigenvalue weighted by Crippen LogP contribution is -2.48. The van der Waals surface area contributed by atoms with Crippen molar-refractivity contribution in [1.82, 2.24) is 10.2 Å². The zero-order chi connectivity index (χ0) is 16.8. The molecule has 1 aromatic carbocycles. The van der Waals surface area contributed by atoms with Gasteiger partial charge in [-0.15, -0.1) is 0 Å². The molecule has 2 amide bonds. The fourth-order valence-electron chi connectivity index (χ4n) is 3.30. The van der Waals surface area contributed by atoms with Crippen LogP contribution < -0.4 is 10.1 Å². The maximum atomic E-state index is 12.5. The molecule has 5 nitrogen and oxygen atoms in total. The average molecular weight is 318 g/mol. The fraction of sp³-hybridized carbons (Fsp3) is 0.556. The molecule has 2 atom stereocenters. The summed E-state index contributed by atoms with van der Waals surface area (Å²) in [6.07, 6.45) is 2.93. The zero-order valence-electron chi connectivity index (χ0n) is 14.2. The number of methoxy groups -OCH3 is 1. The van der Waals surface area contributed by atoms with Gasteiger partial charge in [0.05, 0.1) is 19.1 Å². The van der Waals surface area contributed by atoms with Gasteiger partial charge >= 0.3 is 0 Å². The van der Waals surface area contributed by atoms with Crippen molar-refractivity contribution >= 4 is 11.8 Å². The number of carbonyl (C=O) groups excluding carboxylic acids is 2. The third-order valence-corrected chi connectivity index (χ3v) is 4.50. The van der Waals surface area contributed by atoms with Crippen molar-refractivity contribution in [3.8, 4) is 5.75 Å². The van der Waals surface area contributed by atoms with Crippen LogP contribution in [0, 0.1) is 5.92 Å². The predicted molar refractivity (Wildman–Crippen MR) is 89.1 cm³/mol. The quantitative estimate of drug-likeness (QED) is 0.877. The van der Waals surface area contributed by atoms with Crippen molar-refractivity contribution in [2.75, 3.05) is 20.7 Å². The van der Waals surface area contributed by atoms with E-state index in [2.05, 4.69) is 12.2 Å². The molecule has 1 aromatic rings. The van der Waals surface area contributed by atoms with Gasteiger partial charge in [0.1, 0.15) is 5.75 Å². The van der Waals surface area contributed by atoms with E-state index in [-0.39, 0.29) is 23.8 Å². The van der Waals surface area contributed by atoms with Crippen LogP contribution in [0.3, 0.4) is 0 Å². The number of carbonyl (C=O) groups is 2. The lowest BCUT2D eigenvalue weighted by Gasteiger charge is -2.41. The van der Waals surface area contributed by atoms with Gasteiger partial charge in [0.25, 0.3) is 0 Å². The van der Waals surface area contributed by atoms with Crippen molar-refractivity contribution in [2.45, 2.75) is 38.6 Å². The number of rotatable bonds is 6. The smallest absolute Gasteiger partial charge is 0.225 e. The van der Waals surface area contributed by atoms with Gasteiger partial charge in [0.2, 0.25) is 11.8 Å². The summed E-state index contributed by atoms with van der Waals surface area (Å²) in [6, 6.07) is 7.40. The number of para-hydroxylation sites is 1. The van der Waals surface area contributed by atoms with E-state index in [4.69, 9.17) is 4.74 Å². The SMILES string of the molecule is CCCCN1C(=O)CCC(C(=O)NC)C1c1ccccc1OC. The normalized spacial score (nSPS) is 21.2. The molecule has 0 bridgehead atoms. The first-order valence-corrected chi connectivity index (χ1v) is 8.28. The first-order chi connectivity index (χ1) is 11.1. The van der Waals surface area contributed by atoms with Crippen LogP contribution >= 0.6 is 0 Å². The summed E-state index contributed by atoms with van der Waals surface area (Å²) >= 11 is 0. The minimum absolute atomic E-state index is 0.0186. The molecule has 1 N–H and O–H groups in total. The Kier molecular flexibility index (Phi) is 6.02. The molecule has 5 heteroatoms. The number of hydrogen-bond donors (Lipinski definition) is 1. The van der Waals surface area contributed by atoms with Gasteiger partial charge in [-0.05, 0) is 18.9 Å². The Morgan fingerprint density at radius 3 is 2.78 bits per heavy atom. The highest BCUT2D eigenvalue weighted by atomic mass is 16.5. The van der Waals surface area contributed by atoms with Crippen LogP contribution in [0.1, 0.15) is 44.2 Å². The number of likely N-dealkylation sites (tertiary alicyclic amines) is 1. The van der Waals surface area contributed by atoms with Crippen LogP contribution in [0.4, 0.5) is 0 Å². The molecule has 0 saturated carbocycles. The van der Waals surface area contributed by atoms with E-state index < -0.39 is 0 Å². The minimum Gasteiger partial charge on any atom is -0.496 e. The third-order valence-electron chi connectivity index (χ3n) is 4.50. The van der Waals surface area contributed by atoms with Crippen LogP contribution in [0.5, 0.6) is 5.75 Å². The largest absolute Gasteiger partial charge is 0.496 e. The summed E-state index contributed by atoms with van der Waals surface area (Å²) in [5, 5.41) is 2.75. The second-order valence-electron chi connectivity index (χ2n) is 5.89. The average Bonchev–Trinajstić information content (AvgIpc) is 2.59. The number of nitrogens with zero attached hydrogens (tertiary/aromatic N) is 1. The highest BCUT2D eigenvalue weighted by Gasteiger charge is 2.41. The monoisotopic (exact) mass is 318 g/mol. The molecule has 1 aliphatic rings. The lowest BCUT2D eigenvalue weighted by atomic mass is 9.83. The lowest BCUT2D eigenvalue weighted by molar-refractivity contribution is -0.143. The van der Waals surface area contributed by atoms with E-state index in [1.165, 1.54) is 0 Å². The summed E-state index contributed by atoms with van der Waals surface area (Å²) in [4.78, 5) is 26.7. The summed E-state index contributed by atoms with van der Waals surface area (Å²) in [5.41, 5.74) is 0.910. The fourth-order valence-corrected chi connectivity index (χ4v) is 3.30. The summed E-state index contributed by atoms with van der Waals surface area (Å²) in [5.74, 6) is 0.581. The standard InChI is InChI=1S/C18H26N2O3/c1-4-5-12-20-16(21)11-10-14(18(22)19-2)17(20)13-8-6-7-9-15(13)23-3/h6-9,14,17H,4-5,10-12H2,1-3H3,(H,19,22). The second-order valence-corrected chi connectivity index (χ2v) is 5.89. The zero-order valence-corrected chi connectivity index (χ0v) is 14.2. The van der Waals surface area contributed by atoms with Gasteiger partial charge in [0, 0.05) is 25.6 Å². The molecule has 126 valence electrons. The van der Waals surface area contributed by atoms with E-state index in [1.54, 1.807) is 14.2 Å². The number of unbranched alkanes of at least 4 members (excludes halogenated alkanes) is 1. The molecule has 0 spiro atoms. The highest BCUT2D eigenvalue weighted by molar-refractivity contribution is 5.85. The maximum Gasteiger partial charge on any atom is 0.225 e. The van der Waals surface area contributed by atoms with Crippen molar-refractivity contribution in [3.63, 3.8) is 0 Å². The van der Waals surface area contributed by atoms with Gasteiger partial charge in [-0.2, -0.15) is 0 Å². The molecule has 0 aliphatic carbocycles. The number of nitrogens with one attached hydrogen (secondary N) is 1. The topological polar surface area (TPSA) is 58.6 Å². The molecule has 1 aliphatic heterocycles. The molecule has 2 unspecified atom stereocenters. The van der Waals surface area contributed by atoms with Crippen LogP contribution in [0.2, 0.25) is 0 Å². The molecule has 2 rings (SSSR count). The van der Waals surface area contributed by atoms with E-state index in [1.807, 2.05) is 29.2 Å². The molecule has 0 aromatic heterocycles. The number of amides is 2. The Hall–Kier alpha value is -2.04. The van der Waals surface area contributed by atoms with Gasteiger partial charge in [-0.1, -0.05) is 31.5 Å². The van der Waals surface area contributed by atoms with Gasteiger partial charge in [-0.3, -0.25) is 9.59 Å². The Morgan fingerprint density at radius 1 is 1.39 bits per heavy atom. The molecule has 1 fully saturated rings. The third kappa shape index (κ3) is 3.66. The highest BCUT2D eigenvalue weighted by Crippen LogP contribution is 2.40. The van der Waals surface area contributed by atoms with E-state index >= 15 is 0 Å². The number of ether oxygens (including phenoxy) is 1. The number of benzene rings is 1. The van der Waals surface area contributed by atoms with Crippen LogP contribution in [-0.4, -0.2) is 37.4 Å². The predicted octanol–water partition coefficient (Wildman–Crippen LogP) is 2.52. The molecule has 1 saturated heterocycles. The molecule has 1 heterocycles. The maximum absolute atomic E-state index is 12.5. The van der Waals surface area contributed by atoms with Crippen molar-refractivity contribution in [3.05, 3.63) is 29.8 Å². The van der Waals surface area contributed by atoms with Crippen LogP contribution in [0.15, 0.2) is 24.3 Å². The summed E-state index contributed by atoms with van der Waals surface area (Å²) < 4.78 is 5.48. The first kappa shape index (κ1) is 17.3. The molecule has 0 radical (unpaired) electrons. The van der Waals surface area contributed by atoms with Gasteiger partial charge < -0.3 is 15.0 Å². The molecular formula is C18H26N2O3. The van der Waals surface area contributed by atoms with Crippen LogP contribution in [0.25, 0.3) is 0 Å². The Morgan fingerprint density at radius 2 is 2.13 bits per heavy atom. The first-order valence-electron chi connectivity index (χ1n) is 8.28. The van der Waals surface area contributed by atoms with Gasteiger partial charge in [0.15, 0.2) is 0 Å². The minimum atomic E-state index is -0.265. The van der Waals surface area contributed by atoms with E-state index in [9.17, 15) is 9.59 Å². The molecule has 23 heavy (non-hydrogen) atoms. The van der Waals surface area contributed by atoms with E-state index in [0.29, 0.717) is 19.4 Å². The van der Waals surface area contributed by atoms with Crippen molar-refractivity contribution < 1.29 is 14.3 Å². The Labute approximate surface area is 138 Å². The van der Waals surface area contributed by atoms with E-state index in [0.717, 1.165) is 24.2 Å². The van der Waals surface area contributed by atoms with Crippen LogP contribution in [-0.2, 0) is 9.59 Å². The Balaban J connectivity index is 2.45. The summed E-state index contributed by atoms with van der Waals surface area (Å²) in [6.45, 7) is 2.77. The van der Waals surface area contributed by atoms with Gasteiger partial charge in [-0.25, -0.2) is 0 Å². The number of hydrogen-bond acceptors (Lipinski definition) is 3. The second kappa shape index (κ2) is 7.99. The molecular weight excluding hydrogens is 292 g/mol. The van der Waals surface area contributed by atoms with Crippen molar-refractivity contribution in [1.29, 1.82) is 0 Å².